The Morgan fingerprint density at radius 3 is 2.44 bits per heavy atom. The predicted octanol–water partition coefficient (Wildman–Crippen LogP) is 3.04. The van der Waals surface area contributed by atoms with E-state index in [1.54, 1.807) is 14.2 Å². The molecule has 5 rings (SSSR count). The summed E-state index contributed by atoms with van der Waals surface area (Å²) in [6.07, 6.45) is 2.90. The van der Waals surface area contributed by atoms with E-state index in [1.807, 2.05) is 35.2 Å². The van der Waals surface area contributed by atoms with E-state index in [-0.39, 0.29) is 20.9 Å². The Labute approximate surface area is 193 Å². The number of para-hydroxylation sites is 1. The monoisotopic (exact) mass is 492 g/mol. The summed E-state index contributed by atoms with van der Waals surface area (Å²) in [6.45, 7) is 1.28. The number of amides is 1. The van der Waals surface area contributed by atoms with Gasteiger partial charge in [-0.1, -0.05) is 0 Å². The van der Waals surface area contributed by atoms with E-state index in [2.05, 4.69) is 41.5 Å². The van der Waals surface area contributed by atoms with Crippen LogP contribution in [0.5, 0.6) is 11.5 Å². The third-order valence-electron chi connectivity index (χ3n) is 5.89. The van der Waals surface area contributed by atoms with Crippen LogP contribution < -0.4 is 18.4 Å². The molecule has 0 atom stereocenters. The topological polar surface area (TPSA) is 54.6 Å². The number of nitrogens with zero attached hydrogens (tertiary/aromatic N) is 1. The van der Waals surface area contributed by atoms with Crippen molar-refractivity contribution in [2.75, 3.05) is 20.8 Å². The molecule has 32 heavy (non-hydrogen) atoms. The number of hydrogen-bond acceptors (Lipinski definition) is 3. The second-order valence-corrected chi connectivity index (χ2v) is 10.1. The zero-order valence-electron chi connectivity index (χ0n) is 18.1. The van der Waals surface area contributed by atoms with Crippen molar-refractivity contribution in [1.82, 2.24) is 9.88 Å². The number of aromatic amines is 1. The molecule has 2 heterocycles. The fourth-order valence-corrected chi connectivity index (χ4v) is 6.12. The summed E-state index contributed by atoms with van der Waals surface area (Å²) < 4.78 is 13.4. The van der Waals surface area contributed by atoms with Crippen LogP contribution >= 0.6 is 0 Å². The maximum absolute atomic E-state index is 13.2. The summed E-state index contributed by atoms with van der Waals surface area (Å²) in [6, 6.07) is 20.5. The number of benzene rings is 3. The van der Waals surface area contributed by atoms with Crippen LogP contribution in [0.2, 0.25) is 0 Å². The van der Waals surface area contributed by atoms with E-state index < -0.39 is 0 Å². The van der Waals surface area contributed by atoms with Gasteiger partial charge in [0.05, 0.1) is 7.11 Å². The molecule has 4 aromatic rings. The zero-order valence-corrected chi connectivity index (χ0v) is 19.8. The first kappa shape index (κ1) is 20.7. The molecule has 0 aliphatic carbocycles. The van der Waals surface area contributed by atoms with Crippen molar-refractivity contribution in [3.05, 3.63) is 83.6 Å². The third kappa shape index (κ3) is 3.88. The van der Waals surface area contributed by atoms with E-state index in [0.717, 1.165) is 28.8 Å². The van der Waals surface area contributed by atoms with Crippen LogP contribution in [-0.4, -0.2) is 51.5 Å². The summed E-state index contributed by atoms with van der Waals surface area (Å²) in [5.41, 5.74) is 4.22. The first-order chi connectivity index (χ1) is 15.7. The van der Waals surface area contributed by atoms with E-state index in [4.69, 9.17) is 9.47 Å². The van der Waals surface area contributed by atoms with Crippen molar-refractivity contribution >= 4 is 40.7 Å². The molecule has 1 aromatic heterocycles. The minimum absolute atomic E-state index is 0.0663. The maximum atomic E-state index is 13.2. The number of hydrogen-bond donors (Lipinski definition) is 1. The zero-order chi connectivity index (χ0) is 22.1. The van der Waals surface area contributed by atoms with E-state index in [0.29, 0.717) is 18.8 Å². The first-order valence-corrected chi connectivity index (χ1v) is 12.2. The number of aromatic nitrogens is 1. The summed E-state index contributed by atoms with van der Waals surface area (Å²) >= 11 is 0.181. The van der Waals surface area contributed by atoms with Crippen molar-refractivity contribution in [3.63, 3.8) is 0 Å². The Morgan fingerprint density at radius 2 is 1.69 bits per heavy atom. The molecule has 0 spiro atoms. The van der Waals surface area contributed by atoms with Crippen LogP contribution in [0, 0.1) is 0 Å². The number of rotatable bonds is 5. The van der Waals surface area contributed by atoms with Gasteiger partial charge in [0.2, 0.25) is 0 Å². The molecule has 1 N–H and O–H groups in total. The van der Waals surface area contributed by atoms with Gasteiger partial charge in [-0.2, -0.15) is 0 Å². The molecule has 0 fully saturated rings. The fourth-order valence-electron chi connectivity index (χ4n) is 4.16. The van der Waals surface area contributed by atoms with Crippen molar-refractivity contribution in [3.8, 4) is 11.5 Å². The van der Waals surface area contributed by atoms with Crippen LogP contribution in [0.4, 0.5) is 0 Å². The van der Waals surface area contributed by atoms with Crippen LogP contribution in [0.3, 0.4) is 0 Å². The van der Waals surface area contributed by atoms with Gasteiger partial charge in [0.1, 0.15) is 0 Å². The quantitative estimate of drug-likeness (QED) is 0.437. The molecule has 1 aliphatic heterocycles. The Balaban J connectivity index is 1.31. The molecule has 0 radical (unpaired) electrons. The van der Waals surface area contributed by atoms with Gasteiger partial charge in [-0.15, -0.1) is 0 Å². The van der Waals surface area contributed by atoms with Gasteiger partial charge in [0, 0.05) is 0 Å². The first-order valence-electron chi connectivity index (χ1n) is 10.5. The van der Waals surface area contributed by atoms with E-state index in [9.17, 15) is 4.79 Å². The van der Waals surface area contributed by atoms with Crippen LogP contribution in [0.1, 0.15) is 21.5 Å². The number of carbonyl (C=O) groups is 1. The standard InChI is InChI=1S/C26H24N2O3Se/c1-30-23-13-18-11-12-28(16-19(18)14-24(23)31-2)26(29)17-7-9-20(10-8-17)32-25-15-27-22-6-4-3-5-21(22)25/h3-10,13-15,27H,11-12,16H2,1-2H3. The number of H-pyrrole nitrogens is 1. The van der Waals surface area contributed by atoms with Gasteiger partial charge in [0.15, 0.2) is 0 Å². The Hall–Kier alpha value is -3.21. The fraction of sp³-hybridized carbons (Fsp3) is 0.192. The molecule has 0 unspecified atom stereocenters. The molecule has 0 saturated heterocycles. The van der Waals surface area contributed by atoms with Crippen molar-refractivity contribution in [2.24, 2.45) is 0 Å². The Bertz CT molecular complexity index is 1280. The number of ether oxygens (including phenoxy) is 2. The summed E-state index contributed by atoms with van der Waals surface area (Å²) in [4.78, 5) is 18.4. The summed E-state index contributed by atoms with van der Waals surface area (Å²) in [5.74, 6) is 1.50. The summed E-state index contributed by atoms with van der Waals surface area (Å²) in [7, 11) is 3.28. The average Bonchev–Trinajstić information content (AvgIpc) is 3.25. The Kier molecular flexibility index (Phi) is 5.64. The number of nitrogens with one attached hydrogen (secondary N) is 1. The minimum atomic E-state index is 0.0663. The molecular weight excluding hydrogens is 467 g/mol. The van der Waals surface area contributed by atoms with Gasteiger partial charge in [0.25, 0.3) is 0 Å². The van der Waals surface area contributed by atoms with Crippen LogP contribution in [-0.2, 0) is 13.0 Å². The van der Waals surface area contributed by atoms with Gasteiger partial charge < -0.3 is 0 Å². The molecular formula is C26H24N2O3Se. The summed E-state index contributed by atoms with van der Waals surface area (Å²) in [5, 5.41) is 1.27. The van der Waals surface area contributed by atoms with Gasteiger partial charge >= 0.3 is 187 Å². The molecule has 1 aliphatic rings. The van der Waals surface area contributed by atoms with Gasteiger partial charge in [-0.05, 0) is 0 Å². The van der Waals surface area contributed by atoms with Gasteiger partial charge in [-0.25, -0.2) is 0 Å². The number of fused-ring (bicyclic) bond motifs is 2. The van der Waals surface area contributed by atoms with Crippen LogP contribution in [0.15, 0.2) is 66.9 Å². The molecule has 0 saturated carbocycles. The van der Waals surface area contributed by atoms with Crippen LogP contribution in [0.25, 0.3) is 10.9 Å². The molecule has 3 aromatic carbocycles. The third-order valence-corrected chi connectivity index (χ3v) is 8.12. The molecule has 5 nitrogen and oxygen atoms in total. The molecule has 1 amide bonds. The van der Waals surface area contributed by atoms with E-state index >= 15 is 0 Å². The second-order valence-electron chi connectivity index (χ2n) is 7.78. The number of carbonyl (C=O) groups excluding carboxylic acids is 1. The average molecular weight is 491 g/mol. The SMILES string of the molecule is COc1cc2c(cc1OC)CN(C(=O)c1ccc([Se]c3c[nH]c4ccccc34)cc1)CC2. The van der Waals surface area contributed by atoms with Crippen molar-refractivity contribution in [2.45, 2.75) is 13.0 Å². The predicted molar refractivity (Wildman–Crippen MR) is 128 cm³/mol. The van der Waals surface area contributed by atoms with Gasteiger partial charge in [-0.3, -0.25) is 0 Å². The van der Waals surface area contributed by atoms with Crippen molar-refractivity contribution in [1.29, 1.82) is 0 Å². The Morgan fingerprint density at radius 1 is 0.969 bits per heavy atom. The molecule has 0 bridgehead atoms. The molecule has 162 valence electrons. The van der Waals surface area contributed by atoms with E-state index in [1.165, 1.54) is 19.9 Å². The normalized spacial score (nSPS) is 13.1. The molecule has 6 heteroatoms. The second kappa shape index (κ2) is 8.73. The number of methoxy groups -OCH3 is 2. The van der Waals surface area contributed by atoms with Crippen molar-refractivity contribution < 1.29 is 14.3 Å².